The quantitative estimate of drug-likeness (QED) is 0.679. The Morgan fingerprint density at radius 3 is 2.82 bits per heavy atom. The lowest BCUT2D eigenvalue weighted by atomic mass is 10.2. The predicted molar refractivity (Wildman–Crippen MR) is 60.5 cm³/mol. The molecule has 0 aromatic carbocycles. The van der Waals surface area contributed by atoms with Gasteiger partial charge < -0.3 is 4.74 Å². The summed E-state index contributed by atoms with van der Waals surface area (Å²) in [7, 11) is 0. The number of nitrogens with one attached hydrogen (secondary N) is 1. The maximum atomic E-state index is 10.0. The van der Waals surface area contributed by atoms with E-state index in [-0.39, 0.29) is 11.8 Å². The third kappa shape index (κ3) is 2.54. The molecule has 88 valence electrons. The van der Waals surface area contributed by atoms with E-state index in [0.29, 0.717) is 28.6 Å². The molecule has 0 bridgehead atoms. The van der Waals surface area contributed by atoms with Crippen LogP contribution in [0.1, 0.15) is 5.82 Å². The highest BCUT2D eigenvalue weighted by Crippen LogP contribution is 2.29. The summed E-state index contributed by atoms with van der Waals surface area (Å²) in [6, 6.07) is 0. The average Bonchev–Trinajstić information content (AvgIpc) is 2.73. The fourth-order valence-electron chi connectivity index (χ4n) is 1.20. The van der Waals surface area contributed by atoms with E-state index in [1.165, 1.54) is 12.4 Å². The summed E-state index contributed by atoms with van der Waals surface area (Å²) >= 11 is 11.9. The molecular formula is C9H6Cl2N4O2. The molecule has 2 aromatic heterocycles. The number of carbonyl (C=O) groups excluding carboxylic acids is 1. The maximum Gasteiger partial charge on any atom is 0.293 e. The van der Waals surface area contributed by atoms with E-state index < -0.39 is 0 Å². The summed E-state index contributed by atoms with van der Waals surface area (Å²) in [6.07, 6.45) is 2.94. The van der Waals surface area contributed by atoms with Gasteiger partial charge in [-0.05, 0) is 0 Å². The Bertz CT molecular complexity index is 544. The number of halogens is 2. The molecule has 2 aromatic rings. The third-order valence-corrected chi connectivity index (χ3v) is 2.51. The molecule has 0 aliphatic rings. The molecule has 0 spiro atoms. The van der Waals surface area contributed by atoms with Crippen molar-refractivity contribution in [3.63, 3.8) is 0 Å². The smallest absolute Gasteiger partial charge is 0.293 e. The molecule has 0 saturated carbocycles. The Morgan fingerprint density at radius 1 is 1.41 bits per heavy atom. The van der Waals surface area contributed by atoms with E-state index in [1.54, 1.807) is 0 Å². The number of aromatic nitrogens is 4. The number of H-pyrrole nitrogens is 1. The highest BCUT2D eigenvalue weighted by Gasteiger charge is 2.12. The molecule has 17 heavy (non-hydrogen) atoms. The van der Waals surface area contributed by atoms with Crippen molar-refractivity contribution in [2.45, 2.75) is 6.61 Å². The molecule has 0 fully saturated rings. The van der Waals surface area contributed by atoms with Crippen molar-refractivity contribution in [3.8, 4) is 11.3 Å². The van der Waals surface area contributed by atoms with Crippen molar-refractivity contribution in [1.82, 2.24) is 20.2 Å². The maximum absolute atomic E-state index is 10.0. The zero-order valence-corrected chi connectivity index (χ0v) is 9.87. The molecule has 0 amide bonds. The fourth-order valence-corrected chi connectivity index (χ4v) is 1.63. The van der Waals surface area contributed by atoms with E-state index >= 15 is 0 Å². The minimum atomic E-state index is -0.0276. The molecular weight excluding hydrogens is 267 g/mol. The van der Waals surface area contributed by atoms with E-state index in [9.17, 15) is 4.79 Å². The molecule has 0 saturated heterocycles. The Labute approximate surface area is 106 Å². The largest absolute Gasteiger partial charge is 0.460 e. The Kier molecular flexibility index (Phi) is 3.55. The van der Waals surface area contributed by atoms with Gasteiger partial charge in [0.05, 0.1) is 22.5 Å². The number of nitrogens with zero attached hydrogens (tertiary/aromatic N) is 3. The first-order valence-corrected chi connectivity index (χ1v) is 5.24. The topological polar surface area (TPSA) is 80.8 Å². The van der Waals surface area contributed by atoms with Crippen molar-refractivity contribution >= 4 is 29.7 Å². The second-order valence-corrected chi connectivity index (χ2v) is 3.76. The van der Waals surface area contributed by atoms with Gasteiger partial charge in [-0.3, -0.25) is 9.89 Å². The van der Waals surface area contributed by atoms with E-state index in [2.05, 4.69) is 24.9 Å². The van der Waals surface area contributed by atoms with Crippen LogP contribution in [-0.4, -0.2) is 26.6 Å². The van der Waals surface area contributed by atoms with Crippen LogP contribution in [0.2, 0.25) is 10.2 Å². The van der Waals surface area contributed by atoms with Gasteiger partial charge in [0, 0.05) is 6.20 Å². The number of rotatable bonds is 4. The first-order valence-electron chi connectivity index (χ1n) is 4.48. The molecule has 1 N–H and O–H groups in total. The van der Waals surface area contributed by atoms with Crippen LogP contribution in [0.15, 0.2) is 12.4 Å². The van der Waals surface area contributed by atoms with Gasteiger partial charge in [0.25, 0.3) is 6.47 Å². The molecule has 0 radical (unpaired) electrons. The lowest BCUT2D eigenvalue weighted by Crippen LogP contribution is -1.99. The Hall–Kier alpha value is -1.66. The van der Waals surface area contributed by atoms with Crippen LogP contribution in [0.4, 0.5) is 0 Å². The normalized spacial score (nSPS) is 10.2. The Balaban J connectivity index is 2.32. The SMILES string of the molecule is O=COCc1ncc(-c2[nH]ncc2Cl)c(Cl)n1. The summed E-state index contributed by atoms with van der Waals surface area (Å²) in [4.78, 5) is 18.0. The van der Waals surface area contributed by atoms with Gasteiger partial charge >= 0.3 is 0 Å². The predicted octanol–water partition coefficient (Wildman–Crippen LogP) is 1.85. The van der Waals surface area contributed by atoms with Gasteiger partial charge in [-0.1, -0.05) is 23.2 Å². The van der Waals surface area contributed by atoms with E-state index in [4.69, 9.17) is 23.2 Å². The number of carbonyl (C=O) groups is 1. The van der Waals surface area contributed by atoms with Gasteiger partial charge in [-0.2, -0.15) is 5.10 Å². The highest BCUT2D eigenvalue weighted by molar-refractivity contribution is 6.35. The van der Waals surface area contributed by atoms with Crippen LogP contribution >= 0.6 is 23.2 Å². The van der Waals surface area contributed by atoms with E-state index in [1.807, 2.05) is 0 Å². The average molecular weight is 273 g/mol. The highest BCUT2D eigenvalue weighted by atomic mass is 35.5. The Morgan fingerprint density at radius 2 is 2.24 bits per heavy atom. The molecule has 0 atom stereocenters. The van der Waals surface area contributed by atoms with Crippen LogP contribution < -0.4 is 0 Å². The molecule has 8 heteroatoms. The lowest BCUT2D eigenvalue weighted by molar-refractivity contribution is -0.130. The van der Waals surface area contributed by atoms with Crippen molar-refractivity contribution in [2.24, 2.45) is 0 Å². The van der Waals surface area contributed by atoms with Gasteiger partial charge in [-0.25, -0.2) is 9.97 Å². The van der Waals surface area contributed by atoms with Gasteiger partial charge in [-0.15, -0.1) is 0 Å². The summed E-state index contributed by atoms with van der Waals surface area (Å²) in [6.45, 7) is 0.289. The molecule has 2 rings (SSSR count). The summed E-state index contributed by atoms with van der Waals surface area (Å²) < 4.78 is 4.52. The summed E-state index contributed by atoms with van der Waals surface area (Å²) in [5.74, 6) is 0.307. The second-order valence-electron chi connectivity index (χ2n) is 2.99. The number of hydrogen-bond donors (Lipinski definition) is 1. The molecule has 0 aliphatic heterocycles. The van der Waals surface area contributed by atoms with Crippen molar-refractivity contribution < 1.29 is 9.53 Å². The van der Waals surface area contributed by atoms with Gasteiger partial charge in [0.2, 0.25) is 0 Å². The summed E-state index contributed by atoms with van der Waals surface area (Å²) in [5, 5.41) is 7.09. The number of hydrogen-bond acceptors (Lipinski definition) is 5. The first-order chi connectivity index (χ1) is 8.22. The van der Waals surface area contributed by atoms with Crippen LogP contribution in [0, 0.1) is 0 Å². The first kappa shape index (κ1) is 11.8. The zero-order chi connectivity index (χ0) is 12.3. The fraction of sp³-hybridized carbons (Fsp3) is 0.111. The van der Waals surface area contributed by atoms with Crippen molar-refractivity contribution in [2.75, 3.05) is 0 Å². The van der Waals surface area contributed by atoms with Gasteiger partial charge in [0.1, 0.15) is 5.15 Å². The number of aromatic amines is 1. The van der Waals surface area contributed by atoms with Crippen LogP contribution in [0.5, 0.6) is 0 Å². The van der Waals surface area contributed by atoms with E-state index in [0.717, 1.165) is 0 Å². The number of ether oxygens (including phenoxy) is 1. The van der Waals surface area contributed by atoms with Crippen LogP contribution in [-0.2, 0) is 16.1 Å². The summed E-state index contributed by atoms with van der Waals surface area (Å²) in [5.41, 5.74) is 1.07. The van der Waals surface area contributed by atoms with Crippen molar-refractivity contribution in [3.05, 3.63) is 28.4 Å². The van der Waals surface area contributed by atoms with Crippen molar-refractivity contribution in [1.29, 1.82) is 0 Å². The molecule has 6 nitrogen and oxygen atoms in total. The zero-order valence-electron chi connectivity index (χ0n) is 8.35. The molecule has 0 unspecified atom stereocenters. The molecule has 2 heterocycles. The third-order valence-electron chi connectivity index (χ3n) is 1.94. The minimum absolute atomic E-state index is 0.0276. The standard InChI is InChI=1S/C9H6Cl2N4O2/c10-6-2-13-15-8(6)5-1-12-7(3-17-4-16)14-9(5)11/h1-2,4H,3H2,(H,13,15). The minimum Gasteiger partial charge on any atom is -0.460 e. The monoisotopic (exact) mass is 272 g/mol. The lowest BCUT2D eigenvalue weighted by Gasteiger charge is -2.03. The second kappa shape index (κ2) is 5.11. The van der Waals surface area contributed by atoms with Gasteiger partial charge in [0.15, 0.2) is 12.4 Å². The van der Waals surface area contributed by atoms with Crippen LogP contribution in [0.3, 0.4) is 0 Å². The molecule has 0 aliphatic carbocycles. The van der Waals surface area contributed by atoms with Crippen LogP contribution in [0.25, 0.3) is 11.3 Å².